The van der Waals surface area contributed by atoms with Crippen molar-refractivity contribution >= 4 is 29.3 Å². The molecule has 0 aliphatic carbocycles. The molecule has 0 bridgehead atoms. The molecule has 1 rings (SSSR count). The number of carbonyl (C=O) groups excluding carboxylic acids is 1. The highest BCUT2D eigenvalue weighted by Gasteiger charge is 2.27. The van der Waals surface area contributed by atoms with Crippen molar-refractivity contribution in [3.8, 4) is 0 Å². The Labute approximate surface area is 129 Å². The van der Waals surface area contributed by atoms with Crippen molar-refractivity contribution < 1.29 is 14.7 Å². The van der Waals surface area contributed by atoms with Crippen molar-refractivity contribution in [3.05, 3.63) is 29.3 Å². The summed E-state index contributed by atoms with van der Waals surface area (Å²) in [6.07, 6.45) is 0.0148. The lowest BCUT2D eigenvalue weighted by molar-refractivity contribution is -0.139. The van der Waals surface area contributed by atoms with E-state index in [1.54, 1.807) is 24.3 Å². The Kier molecular flexibility index (Phi) is 6.03. The second-order valence-corrected chi connectivity index (χ2v) is 6.44. The van der Waals surface area contributed by atoms with Gasteiger partial charge >= 0.3 is 12.0 Å². The van der Waals surface area contributed by atoms with E-state index in [1.165, 1.54) is 0 Å². The number of urea groups is 1. The van der Waals surface area contributed by atoms with Gasteiger partial charge in [0.2, 0.25) is 0 Å². The zero-order valence-electron chi connectivity index (χ0n) is 12.4. The second kappa shape index (κ2) is 7.31. The molecule has 2 amide bonds. The zero-order valence-corrected chi connectivity index (χ0v) is 13.2. The Balaban J connectivity index is 2.55. The van der Waals surface area contributed by atoms with E-state index < -0.39 is 5.97 Å². The number of anilines is 1. The number of nitrogens with one attached hydrogen (secondary N) is 2. The van der Waals surface area contributed by atoms with Crippen molar-refractivity contribution in [2.24, 2.45) is 11.3 Å². The Morgan fingerprint density at radius 1 is 1.33 bits per heavy atom. The second-order valence-electron chi connectivity index (χ2n) is 6.01. The van der Waals surface area contributed by atoms with Crippen molar-refractivity contribution in [2.45, 2.75) is 27.2 Å². The van der Waals surface area contributed by atoms with Gasteiger partial charge in [0.15, 0.2) is 0 Å². The van der Waals surface area contributed by atoms with Gasteiger partial charge in [-0.15, -0.1) is 0 Å². The Hall–Kier alpha value is -1.75. The van der Waals surface area contributed by atoms with E-state index in [9.17, 15) is 9.59 Å². The molecule has 0 spiro atoms. The van der Waals surface area contributed by atoms with Crippen LogP contribution in [0.25, 0.3) is 0 Å². The van der Waals surface area contributed by atoms with Crippen molar-refractivity contribution in [1.82, 2.24) is 5.32 Å². The monoisotopic (exact) mass is 312 g/mol. The molecule has 0 heterocycles. The Bertz CT molecular complexity index is 512. The fourth-order valence-corrected chi connectivity index (χ4v) is 2.04. The van der Waals surface area contributed by atoms with Crippen LogP contribution in [-0.4, -0.2) is 23.7 Å². The van der Waals surface area contributed by atoms with E-state index in [4.69, 9.17) is 16.7 Å². The topological polar surface area (TPSA) is 78.4 Å². The number of benzene rings is 1. The summed E-state index contributed by atoms with van der Waals surface area (Å²) in [5.74, 6) is -1.02. The molecule has 3 N–H and O–H groups in total. The predicted octanol–water partition coefficient (Wildman–Crippen LogP) is 3.60. The first-order chi connectivity index (χ1) is 9.68. The van der Waals surface area contributed by atoms with E-state index in [-0.39, 0.29) is 23.8 Å². The highest BCUT2D eigenvalue weighted by molar-refractivity contribution is 6.30. The van der Waals surface area contributed by atoms with Gasteiger partial charge in [0.25, 0.3) is 0 Å². The summed E-state index contributed by atoms with van der Waals surface area (Å²) in [6, 6.07) is 6.44. The quantitative estimate of drug-likeness (QED) is 0.777. The molecular weight excluding hydrogens is 292 g/mol. The van der Waals surface area contributed by atoms with Crippen LogP contribution < -0.4 is 10.6 Å². The van der Waals surface area contributed by atoms with Crippen LogP contribution in [0.3, 0.4) is 0 Å². The molecule has 1 aromatic carbocycles. The van der Waals surface area contributed by atoms with Crippen molar-refractivity contribution in [1.29, 1.82) is 0 Å². The lowest BCUT2D eigenvalue weighted by Crippen LogP contribution is -2.38. The molecule has 0 aliphatic rings. The van der Waals surface area contributed by atoms with Gasteiger partial charge in [-0.25, -0.2) is 4.79 Å². The minimum absolute atomic E-state index is 0.0148. The molecule has 0 radical (unpaired) electrons. The summed E-state index contributed by atoms with van der Waals surface area (Å²) < 4.78 is 0. The maximum absolute atomic E-state index is 11.8. The average Bonchev–Trinajstić information content (AvgIpc) is 2.32. The van der Waals surface area contributed by atoms with Crippen LogP contribution in [0.15, 0.2) is 24.3 Å². The highest BCUT2D eigenvalue weighted by Crippen LogP contribution is 2.28. The lowest BCUT2D eigenvalue weighted by Gasteiger charge is -2.29. The molecular formula is C15H21ClN2O3. The minimum Gasteiger partial charge on any atom is -0.481 e. The third-order valence-corrected chi connectivity index (χ3v) is 3.47. The molecule has 0 aromatic heterocycles. The van der Waals surface area contributed by atoms with Gasteiger partial charge in [-0.3, -0.25) is 4.79 Å². The Morgan fingerprint density at radius 3 is 2.52 bits per heavy atom. The van der Waals surface area contributed by atoms with E-state index in [1.807, 2.05) is 20.8 Å². The van der Waals surface area contributed by atoms with E-state index in [0.29, 0.717) is 17.3 Å². The number of carboxylic acid groups (broad SMARTS) is 1. The van der Waals surface area contributed by atoms with Crippen LogP contribution in [0, 0.1) is 11.3 Å². The zero-order chi connectivity index (χ0) is 16.0. The van der Waals surface area contributed by atoms with Gasteiger partial charge in [0.1, 0.15) is 0 Å². The first-order valence-corrected chi connectivity index (χ1v) is 7.08. The molecule has 5 nitrogen and oxygen atoms in total. The first kappa shape index (κ1) is 17.3. The number of carboxylic acids is 1. The number of amides is 2. The number of rotatable bonds is 5. The number of aliphatic carboxylic acids is 1. The number of hydrogen-bond acceptors (Lipinski definition) is 2. The fraction of sp³-hybridized carbons (Fsp3) is 0.467. The molecule has 1 unspecified atom stereocenters. The molecule has 1 aromatic rings. The summed E-state index contributed by atoms with van der Waals surface area (Å²) in [5, 5.41) is 14.8. The fourth-order valence-electron chi connectivity index (χ4n) is 1.85. The molecule has 0 aliphatic heterocycles. The molecule has 0 fully saturated rings. The van der Waals surface area contributed by atoms with Crippen molar-refractivity contribution in [3.63, 3.8) is 0 Å². The standard InChI is InChI=1S/C15H21ClN2O3/c1-15(2,3)10(7-13(19)20)9-17-14(21)18-12-6-4-5-11(16)8-12/h4-6,8,10H,7,9H2,1-3H3,(H,19,20)(H2,17,18,21). The number of hydrogen-bond donors (Lipinski definition) is 3. The summed E-state index contributed by atoms with van der Waals surface area (Å²) in [5.41, 5.74) is 0.382. The van der Waals surface area contributed by atoms with Gasteiger partial charge in [-0.05, 0) is 29.5 Å². The summed E-state index contributed by atoms with van der Waals surface area (Å²) >= 11 is 5.84. The smallest absolute Gasteiger partial charge is 0.319 e. The third-order valence-electron chi connectivity index (χ3n) is 3.24. The van der Waals surface area contributed by atoms with Crippen LogP contribution in [-0.2, 0) is 4.79 Å². The van der Waals surface area contributed by atoms with Crippen LogP contribution in [0.4, 0.5) is 10.5 Å². The van der Waals surface area contributed by atoms with Gasteiger partial charge in [-0.1, -0.05) is 38.4 Å². The van der Waals surface area contributed by atoms with E-state index >= 15 is 0 Å². The third kappa shape index (κ3) is 6.49. The van der Waals surface area contributed by atoms with Gasteiger partial charge in [0, 0.05) is 17.3 Å². The average molecular weight is 313 g/mol. The maximum Gasteiger partial charge on any atom is 0.319 e. The SMILES string of the molecule is CC(C)(C)C(CNC(=O)Nc1cccc(Cl)c1)CC(=O)O. The molecule has 0 saturated carbocycles. The summed E-state index contributed by atoms with van der Waals surface area (Å²) in [4.78, 5) is 22.7. The number of halogens is 1. The lowest BCUT2D eigenvalue weighted by atomic mass is 9.79. The highest BCUT2D eigenvalue weighted by atomic mass is 35.5. The van der Waals surface area contributed by atoms with Crippen LogP contribution in [0.5, 0.6) is 0 Å². The van der Waals surface area contributed by atoms with Crippen LogP contribution >= 0.6 is 11.6 Å². The maximum atomic E-state index is 11.8. The van der Waals surface area contributed by atoms with E-state index in [2.05, 4.69) is 10.6 Å². The molecule has 116 valence electrons. The van der Waals surface area contributed by atoms with Crippen LogP contribution in [0.2, 0.25) is 5.02 Å². The largest absolute Gasteiger partial charge is 0.481 e. The van der Waals surface area contributed by atoms with Gasteiger partial charge in [0.05, 0.1) is 6.42 Å². The van der Waals surface area contributed by atoms with Crippen LogP contribution in [0.1, 0.15) is 27.2 Å². The molecule has 0 saturated heterocycles. The van der Waals surface area contributed by atoms with Gasteiger partial charge < -0.3 is 15.7 Å². The summed E-state index contributed by atoms with van der Waals surface area (Å²) in [7, 11) is 0. The van der Waals surface area contributed by atoms with Gasteiger partial charge in [-0.2, -0.15) is 0 Å². The molecule has 1 atom stereocenters. The normalized spacial score (nSPS) is 12.6. The molecule has 21 heavy (non-hydrogen) atoms. The first-order valence-electron chi connectivity index (χ1n) is 6.70. The molecule has 6 heteroatoms. The summed E-state index contributed by atoms with van der Waals surface area (Å²) in [6.45, 7) is 6.16. The predicted molar refractivity (Wildman–Crippen MR) is 83.7 cm³/mol. The minimum atomic E-state index is -0.869. The number of carbonyl (C=O) groups is 2. The van der Waals surface area contributed by atoms with E-state index in [0.717, 1.165) is 0 Å². The Morgan fingerprint density at radius 2 is 2.00 bits per heavy atom. The van der Waals surface area contributed by atoms with Crippen molar-refractivity contribution in [2.75, 3.05) is 11.9 Å².